The predicted molar refractivity (Wildman–Crippen MR) is 167 cm³/mol. The number of aryl methyl sites for hydroxylation is 1. The van der Waals surface area contributed by atoms with Gasteiger partial charge in [0.2, 0.25) is 11.7 Å². The van der Waals surface area contributed by atoms with Crippen molar-refractivity contribution in [1.82, 2.24) is 24.9 Å². The van der Waals surface area contributed by atoms with E-state index in [1.54, 1.807) is 4.90 Å². The minimum Gasteiger partial charge on any atom is -0.488 e. The fraction of sp³-hybridized carbons (Fsp3) is 0.581. The Labute approximate surface area is 261 Å². The molecule has 234 valence electrons. The molecule has 0 spiro atoms. The second-order valence-corrected chi connectivity index (χ2v) is 14.3. The van der Waals surface area contributed by atoms with Crippen LogP contribution >= 0.6 is 11.3 Å². The average molecular weight is 621 g/mol. The number of anilines is 2. The number of fused-ring (bicyclic) bond motifs is 1. The molecule has 12 nitrogen and oxygen atoms in total. The number of thiophene rings is 1. The first-order valence-corrected chi connectivity index (χ1v) is 16.0. The number of hydrogen-bond acceptors (Lipinski definition) is 12. The van der Waals surface area contributed by atoms with Gasteiger partial charge in [-0.15, -0.1) is 11.3 Å². The fourth-order valence-corrected chi connectivity index (χ4v) is 7.43. The van der Waals surface area contributed by atoms with Gasteiger partial charge < -0.3 is 34.4 Å². The van der Waals surface area contributed by atoms with Gasteiger partial charge in [-0.3, -0.25) is 0 Å². The molecule has 1 aliphatic carbocycles. The van der Waals surface area contributed by atoms with Crippen molar-refractivity contribution in [3.63, 3.8) is 0 Å². The van der Waals surface area contributed by atoms with Crippen LogP contribution in [0.2, 0.25) is 0 Å². The highest BCUT2D eigenvalue weighted by atomic mass is 32.1. The van der Waals surface area contributed by atoms with Gasteiger partial charge in [0.1, 0.15) is 40.0 Å². The Kier molecular flexibility index (Phi) is 7.92. The van der Waals surface area contributed by atoms with Crippen molar-refractivity contribution in [2.75, 3.05) is 56.9 Å². The Morgan fingerprint density at radius 1 is 1.20 bits per heavy atom. The van der Waals surface area contributed by atoms with Gasteiger partial charge in [0, 0.05) is 61.7 Å². The smallest absolute Gasteiger partial charge is 0.410 e. The van der Waals surface area contributed by atoms with Gasteiger partial charge in [-0.05, 0) is 54.0 Å². The zero-order chi connectivity index (χ0) is 31.2. The average Bonchev–Trinajstić information content (AvgIpc) is 3.72. The lowest BCUT2D eigenvalue weighted by molar-refractivity contribution is 0.0275. The molecule has 44 heavy (non-hydrogen) atoms. The van der Waals surface area contributed by atoms with Gasteiger partial charge in [-0.1, -0.05) is 5.16 Å². The number of amides is 1. The summed E-state index contributed by atoms with van der Waals surface area (Å²) in [5.41, 5.74) is 7.00. The van der Waals surface area contributed by atoms with Crippen LogP contribution in [-0.4, -0.2) is 89.0 Å². The summed E-state index contributed by atoms with van der Waals surface area (Å²) in [7, 11) is 2.11. The topological polar surface area (TPSA) is 147 Å². The maximum absolute atomic E-state index is 12.6. The zero-order valence-electron chi connectivity index (χ0n) is 26.1. The summed E-state index contributed by atoms with van der Waals surface area (Å²) in [6.07, 6.45) is 2.76. The number of pyridine rings is 1. The molecule has 3 aromatic rings. The second kappa shape index (κ2) is 11.6. The number of carbonyl (C=O) groups excluding carboxylic acids is 1. The zero-order valence-corrected chi connectivity index (χ0v) is 26.9. The third kappa shape index (κ3) is 5.93. The summed E-state index contributed by atoms with van der Waals surface area (Å²) in [4.78, 5) is 29.8. The van der Waals surface area contributed by atoms with Crippen LogP contribution in [-0.2, 0) is 16.6 Å². The molecule has 2 saturated heterocycles. The van der Waals surface area contributed by atoms with Gasteiger partial charge >= 0.3 is 6.09 Å². The fourth-order valence-electron chi connectivity index (χ4n) is 6.24. The molecule has 2 aliphatic heterocycles. The minimum atomic E-state index is -0.624. The van der Waals surface area contributed by atoms with Gasteiger partial charge in [-0.2, -0.15) is 10.2 Å². The first-order valence-electron chi connectivity index (χ1n) is 15.2. The first kappa shape index (κ1) is 30.1. The van der Waals surface area contributed by atoms with Crippen LogP contribution in [0.5, 0.6) is 5.75 Å². The lowest BCUT2D eigenvalue weighted by Gasteiger charge is -2.33. The van der Waals surface area contributed by atoms with Gasteiger partial charge in [-0.25, -0.2) is 9.78 Å². The molecule has 2 atom stereocenters. The maximum Gasteiger partial charge on any atom is 0.410 e. The number of likely N-dealkylation sites (tertiary alicyclic amines) is 1. The van der Waals surface area contributed by atoms with Crippen LogP contribution in [0.25, 0.3) is 11.5 Å². The first-order chi connectivity index (χ1) is 20.9. The number of piperazine rings is 1. The summed E-state index contributed by atoms with van der Waals surface area (Å²) < 4.78 is 17.9. The monoisotopic (exact) mass is 620 g/mol. The number of carbonyl (C=O) groups is 1. The Hall–Kier alpha value is -3.89. The van der Waals surface area contributed by atoms with Crippen molar-refractivity contribution >= 4 is 28.2 Å². The van der Waals surface area contributed by atoms with E-state index in [-0.39, 0.29) is 12.2 Å². The third-order valence-corrected chi connectivity index (χ3v) is 9.67. The van der Waals surface area contributed by atoms with E-state index in [1.165, 1.54) is 11.3 Å². The second-order valence-electron chi connectivity index (χ2n) is 13.2. The van der Waals surface area contributed by atoms with Crippen LogP contribution in [0.15, 0.2) is 16.7 Å². The van der Waals surface area contributed by atoms with Crippen molar-refractivity contribution in [2.45, 2.75) is 70.5 Å². The third-order valence-electron chi connectivity index (χ3n) is 8.59. The SMILES string of the molecule is CN1CCN(c2cc(O[C@@H]3CCN(C(=O)OC(C)(C)C)C3)cc(-c3noc(C4(C)CCCc5sc(N)c(C#N)c54)n3)n2)CC1. The molecule has 0 bridgehead atoms. The predicted octanol–water partition coefficient (Wildman–Crippen LogP) is 4.43. The summed E-state index contributed by atoms with van der Waals surface area (Å²) >= 11 is 1.48. The molecule has 13 heteroatoms. The highest BCUT2D eigenvalue weighted by molar-refractivity contribution is 7.16. The van der Waals surface area contributed by atoms with E-state index in [2.05, 4.69) is 35.0 Å². The van der Waals surface area contributed by atoms with Gasteiger partial charge in [0.05, 0.1) is 17.5 Å². The highest BCUT2D eigenvalue weighted by Gasteiger charge is 2.43. The van der Waals surface area contributed by atoms with Crippen molar-refractivity contribution in [1.29, 1.82) is 5.26 Å². The number of nitrogen functional groups attached to an aromatic ring is 1. The largest absolute Gasteiger partial charge is 0.488 e. The van der Waals surface area contributed by atoms with E-state index >= 15 is 0 Å². The molecular formula is C31H40N8O4S. The van der Waals surface area contributed by atoms with Gasteiger partial charge in [0.15, 0.2) is 0 Å². The van der Waals surface area contributed by atoms with Crippen molar-refractivity contribution < 1.29 is 18.8 Å². The molecule has 6 rings (SSSR count). The van der Waals surface area contributed by atoms with Gasteiger partial charge in [0.25, 0.3) is 0 Å². The van der Waals surface area contributed by atoms with Crippen LogP contribution < -0.4 is 15.4 Å². The van der Waals surface area contributed by atoms with E-state index in [9.17, 15) is 10.1 Å². The lowest BCUT2D eigenvalue weighted by atomic mass is 9.72. The number of nitrogens with two attached hydrogens (primary N) is 1. The number of nitrogens with zero attached hydrogens (tertiary/aromatic N) is 7. The molecule has 0 radical (unpaired) electrons. The van der Waals surface area contributed by atoms with E-state index in [0.717, 1.165) is 61.7 Å². The highest BCUT2D eigenvalue weighted by Crippen LogP contribution is 2.48. The molecule has 1 amide bonds. The van der Waals surface area contributed by atoms with Crippen molar-refractivity contribution in [3.8, 4) is 23.3 Å². The maximum atomic E-state index is 12.6. The number of ether oxygens (including phenoxy) is 2. The molecule has 0 saturated carbocycles. The van der Waals surface area contributed by atoms with E-state index in [4.69, 9.17) is 29.7 Å². The van der Waals surface area contributed by atoms with Crippen LogP contribution in [0.3, 0.4) is 0 Å². The molecule has 3 aromatic heterocycles. The quantitative estimate of drug-likeness (QED) is 0.432. The molecular weight excluding hydrogens is 580 g/mol. The van der Waals surface area contributed by atoms with Crippen LogP contribution in [0.4, 0.5) is 15.6 Å². The summed E-state index contributed by atoms with van der Waals surface area (Å²) in [6, 6.07) is 6.09. The van der Waals surface area contributed by atoms with E-state index < -0.39 is 11.0 Å². The summed E-state index contributed by atoms with van der Waals surface area (Å²) in [6.45, 7) is 12.2. The van der Waals surface area contributed by atoms with Crippen molar-refractivity contribution in [3.05, 3.63) is 34.0 Å². The van der Waals surface area contributed by atoms with E-state index in [0.29, 0.717) is 53.2 Å². The normalized spacial score (nSPS) is 22.5. The molecule has 1 unspecified atom stereocenters. The standard InChI is InChI=1S/C31H40N8O4S/c1-30(2,3)42-29(40)39-10-8-19(18-39)41-20-15-22(34-24(16-20)38-13-11-37(5)12-14-38)27-35-28(43-36-27)31(4)9-6-7-23-25(31)21(17-32)26(33)44-23/h15-16,19H,6-14,18,33H2,1-5H3/t19-,31?/m1/s1. The molecule has 3 aliphatic rings. The number of hydrogen-bond donors (Lipinski definition) is 1. The van der Waals surface area contributed by atoms with Crippen molar-refractivity contribution in [2.24, 2.45) is 0 Å². The Morgan fingerprint density at radius 2 is 1.98 bits per heavy atom. The van der Waals surface area contributed by atoms with Crippen LogP contribution in [0.1, 0.15) is 68.9 Å². The Bertz CT molecular complexity index is 1580. The number of nitriles is 1. The Morgan fingerprint density at radius 3 is 2.70 bits per heavy atom. The molecule has 0 aromatic carbocycles. The molecule has 5 heterocycles. The number of aromatic nitrogens is 3. The number of likely N-dealkylation sites (N-methyl/N-ethyl adjacent to an activating group) is 1. The number of rotatable bonds is 5. The molecule has 2 N–H and O–H groups in total. The van der Waals surface area contributed by atoms with E-state index in [1.807, 2.05) is 32.9 Å². The summed E-state index contributed by atoms with van der Waals surface area (Å²) in [5, 5.41) is 14.8. The minimum absolute atomic E-state index is 0.188. The Balaban J connectivity index is 1.30. The van der Waals surface area contributed by atoms with Crippen LogP contribution in [0, 0.1) is 11.3 Å². The molecule has 2 fully saturated rings. The summed E-state index contributed by atoms with van der Waals surface area (Å²) in [5.74, 6) is 2.22. The lowest BCUT2D eigenvalue weighted by Crippen LogP contribution is -2.44.